The number of ether oxygens (including phenoxy) is 2. The van der Waals surface area contributed by atoms with Gasteiger partial charge in [-0.2, -0.15) is 4.31 Å². The summed E-state index contributed by atoms with van der Waals surface area (Å²) in [5.41, 5.74) is 3.72. The molecule has 1 N–H and O–H groups in total. The number of hydrogen-bond acceptors (Lipinski definition) is 7. The van der Waals surface area contributed by atoms with Crippen molar-refractivity contribution < 1.29 is 22.7 Å². The fraction of sp³-hybridized carbons (Fsp3) is 0.364. The molecule has 2 aromatic carbocycles. The van der Waals surface area contributed by atoms with E-state index in [0.717, 1.165) is 10.2 Å². The molecule has 1 fully saturated rings. The second kappa shape index (κ2) is 8.81. The summed E-state index contributed by atoms with van der Waals surface area (Å²) in [6, 6.07) is 12.6. The van der Waals surface area contributed by atoms with Gasteiger partial charge in [-0.25, -0.2) is 13.8 Å². The normalized spacial score (nSPS) is 17.9. The minimum Gasteiger partial charge on any atom is -0.486 e. The number of nitrogens with one attached hydrogen (secondary N) is 1. The number of hydrogen-bond donors (Lipinski definition) is 1. The van der Waals surface area contributed by atoms with Crippen LogP contribution < -0.4 is 19.7 Å². The quantitative estimate of drug-likeness (QED) is 0.567. The monoisotopic (exact) mass is 488 g/mol. The molecule has 0 aliphatic carbocycles. The van der Waals surface area contributed by atoms with Crippen LogP contribution in [0.15, 0.2) is 52.5 Å². The van der Waals surface area contributed by atoms with E-state index < -0.39 is 10.0 Å². The molecule has 1 amide bonds. The summed E-state index contributed by atoms with van der Waals surface area (Å²) in [4.78, 5) is 13.5. The van der Waals surface area contributed by atoms with Crippen molar-refractivity contribution in [2.45, 2.75) is 17.7 Å². The summed E-state index contributed by atoms with van der Waals surface area (Å²) >= 11 is 1.50. The highest BCUT2D eigenvalue weighted by molar-refractivity contribution is 7.89. The Labute approximate surface area is 195 Å². The van der Waals surface area contributed by atoms with Crippen molar-refractivity contribution in [2.24, 2.45) is 18.1 Å². The van der Waals surface area contributed by atoms with Crippen molar-refractivity contribution in [1.29, 1.82) is 0 Å². The molecule has 0 bridgehead atoms. The number of sulfonamides is 1. The first-order valence-electron chi connectivity index (χ1n) is 10.7. The van der Waals surface area contributed by atoms with Crippen LogP contribution in [0.3, 0.4) is 0 Å². The lowest BCUT2D eigenvalue weighted by molar-refractivity contribution is -0.126. The van der Waals surface area contributed by atoms with Crippen LogP contribution in [-0.4, -0.2) is 49.5 Å². The number of fused-ring (bicyclic) bond motifs is 2. The lowest BCUT2D eigenvalue weighted by Crippen LogP contribution is -2.42. The Balaban J connectivity index is 1.24. The van der Waals surface area contributed by atoms with Gasteiger partial charge in [0.1, 0.15) is 13.2 Å². The van der Waals surface area contributed by atoms with Crippen molar-refractivity contribution in [1.82, 2.24) is 14.3 Å². The van der Waals surface area contributed by atoms with Crippen LogP contribution in [0.2, 0.25) is 0 Å². The summed E-state index contributed by atoms with van der Waals surface area (Å²) < 4.78 is 41.6. The minimum absolute atomic E-state index is 0.168. The zero-order valence-electron chi connectivity index (χ0n) is 18.1. The molecule has 0 unspecified atom stereocenters. The van der Waals surface area contributed by atoms with Crippen LogP contribution in [0.5, 0.6) is 11.5 Å². The molecule has 9 nitrogen and oxygen atoms in total. The Kier molecular flexibility index (Phi) is 5.85. The van der Waals surface area contributed by atoms with Gasteiger partial charge in [-0.05, 0) is 37.1 Å². The number of rotatable bonds is 4. The number of benzene rings is 2. The lowest BCUT2D eigenvalue weighted by atomic mass is 9.98. The van der Waals surface area contributed by atoms with E-state index in [2.05, 4.69) is 10.5 Å². The number of carbonyl (C=O) groups is 1. The summed E-state index contributed by atoms with van der Waals surface area (Å²) in [6.45, 7) is 1.38. The minimum atomic E-state index is -3.68. The van der Waals surface area contributed by atoms with Crippen LogP contribution in [0.4, 0.5) is 0 Å². The molecule has 1 aromatic heterocycles. The maximum absolute atomic E-state index is 13.1. The average molecular weight is 489 g/mol. The van der Waals surface area contributed by atoms with Gasteiger partial charge in [0.25, 0.3) is 0 Å². The van der Waals surface area contributed by atoms with E-state index in [1.165, 1.54) is 27.8 Å². The zero-order chi connectivity index (χ0) is 23.0. The number of thiazole rings is 1. The van der Waals surface area contributed by atoms with Gasteiger partial charge >= 0.3 is 0 Å². The SMILES string of the molecule is Cn1/c(=N/NC(=O)C2CCN(S(=O)(=O)c3ccc4c(c3)OCCO4)CC2)sc2ccccc21. The Morgan fingerprint density at radius 1 is 1.09 bits per heavy atom. The van der Waals surface area contributed by atoms with Crippen LogP contribution in [-0.2, 0) is 21.9 Å². The Hall–Kier alpha value is -2.89. The fourth-order valence-electron chi connectivity index (χ4n) is 4.07. The molecule has 2 aliphatic heterocycles. The standard InChI is InChI=1S/C22H24N4O5S2/c1-25-17-4-2-3-5-20(17)32-22(25)24-23-21(27)15-8-10-26(11-9-15)33(28,29)16-6-7-18-19(14-16)31-13-12-30-18/h2-7,14-15H,8-13H2,1H3,(H,23,27)/b24-22-. The summed E-state index contributed by atoms with van der Waals surface area (Å²) in [5, 5.41) is 4.30. The number of aromatic nitrogens is 1. The molecule has 3 heterocycles. The molecule has 3 aromatic rings. The smallest absolute Gasteiger partial charge is 0.243 e. The molecule has 5 rings (SSSR count). The Morgan fingerprint density at radius 3 is 2.58 bits per heavy atom. The second-order valence-electron chi connectivity index (χ2n) is 7.98. The molecular formula is C22H24N4O5S2. The molecule has 0 atom stereocenters. The highest BCUT2D eigenvalue weighted by Gasteiger charge is 2.33. The van der Waals surface area contributed by atoms with Gasteiger partial charge in [-0.15, -0.1) is 5.10 Å². The number of amides is 1. The maximum atomic E-state index is 13.1. The molecule has 0 radical (unpaired) electrons. The number of carbonyl (C=O) groups excluding carboxylic acids is 1. The van der Waals surface area contributed by atoms with Gasteiger partial charge in [-0.3, -0.25) is 4.79 Å². The predicted molar refractivity (Wildman–Crippen MR) is 123 cm³/mol. The van der Waals surface area contributed by atoms with E-state index in [9.17, 15) is 13.2 Å². The molecule has 174 valence electrons. The van der Waals surface area contributed by atoms with E-state index in [1.54, 1.807) is 6.07 Å². The van der Waals surface area contributed by atoms with E-state index in [-0.39, 0.29) is 29.8 Å². The van der Waals surface area contributed by atoms with Crippen molar-refractivity contribution >= 4 is 37.5 Å². The van der Waals surface area contributed by atoms with Crippen molar-refractivity contribution in [3.05, 3.63) is 47.3 Å². The van der Waals surface area contributed by atoms with Gasteiger partial charge in [0.2, 0.25) is 20.7 Å². The van der Waals surface area contributed by atoms with E-state index in [1.807, 2.05) is 35.9 Å². The van der Waals surface area contributed by atoms with Crippen molar-refractivity contribution in [3.63, 3.8) is 0 Å². The zero-order valence-corrected chi connectivity index (χ0v) is 19.7. The summed E-state index contributed by atoms with van der Waals surface area (Å²) in [5.74, 6) is 0.503. The third-order valence-electron chi connectivity index (χ3n) is 5.95. The molecular weight excluding hydrogens is 464 g/mol. The largest absolute Gasteiger partial charge is 0.486 e. The molecule has 2 aliphatic rings. The Bertz CT molecular complexity index is 1370. The molecule has 0 spiro atoms. The second-order valence-corrected chi connectivity index (χ2v) is 10.9. The lowest BCUT2D eigenvalue weighted by Gasteiger charge is -2.30. The molecule has 33 heavy (non-hydrogen) atoms. The van der Waals surface area contributed by atoms with Gasteiger partial charge in [0, 0.05) is 32.1 Å². The topological polar surface area (TPSA) is 102 Å². The van der Waals surface area contributed by atoms with Gasteiger partial charge in [-0.1, -0.05) is 23.5 Å². The first-order valence-corrected chi connectivity index (χ1v) is 13.0. The molecule has 11 heteroatoms. The summed E-state index contributed by atoms with van der Waals surface area (Å²) in [6.07, 6.45) is 0.868. The number of para-hydroxylation sites is 1. The van der Waals surface area contributed by atoms with Crippen molar-refractivity contribution in [2.75, 3.05) is 26.3 Å². The third-order valence-corrected chi connectivity index (χ3v) is 8.96. The van der Waals surface area contributed by atoms with Gasteiger partial charge in [0.05, 0.1) is 15.1 Å². The maximum Gasteiger partial charge on any atom is 0.243 e. The molecule has 1 saturated heterocycles. The number of piperidine rings is 1. The van der Waals surface area contributed by atoms with Crippen LogP contribution >= 0.6 is 11.3 Å². The Morgan fingerprint density at radius 2 is 1.82 bits per heavy atom. The van der Waals surface area contributed by atoms with Crippen LogP contribution in [0.1, 0.15) is 12.8 Å². The average Bonchev–Trinajstić information content (AvgIpc) is 3.17. The highest BCUT2D eigenvalue weighted by atomic mass is 32.2. The van der Waals surface area contributed by atoms with Gasteiger partial charge in [0.15, 0.2) is 11.5 Å². The van der Waals surface area contributed by atoms with Crippen molar-refractivity contribution in [3.8, 4) is 11.5 Å². The fourth-order valence-corrected chi connectivity index (χ4v) is 6.54. The van der Waals surface area contributed by atoms with E-state index >= 15 is 0 Å². The first-order chi connectivity index (χ1) is 15.9. The number of nitrogens with zero attached hydrogens (tertiary/aromatic N) is 3. The van der Waals surface area contributed by atoms with Gasteiger partial charge < -0.3 is 14.0 Å². The first kappa shape index (κ1) is 21.9. The third kappa shape index (κ3) is 4.23. The van der Waals surface area contributed by atoms with E-state index in [4.69, 9.17) is 9.47 Å². The highest BCUT2D eigenvalue weighted by Crippen LogP contribution is 2.34. The summed E-state index contributed by atoms with van der Waals surface area (Å²) in [7, 11) is -1.77. The number of aryl methyl sites for hydroxylation is 1. The molecule has 0 saturated carbocycles. The predicted octanol–water partition coefficient (Wildman–Crippen LogP) is 2.04. The van der Waals surface area contributed by atoms with E-state index in [0.29, 0.717) is 42.4 Å². The van der Waals surface area contributed by atoms with Crippen LogP contribution in [0, 0.1) is 5.92 Å². The van der Waals surface area contributed by atoms with Crippen LogP contribution in [0.25, 0.3) is 10.2 Å².